The van der Waals surface area contributed by atoms with Gasteiger partial charge in [0, 0.05) is 17.7 Å². The zero-order chi connectivity index (χ0) is 13.5. The van der Waals surface area contributed by atoms with Gasteiger partial charge >= 0.3 is 6.01 Å². The maximum atomic E-state index is 5.60. The minimum Gasteiger partial charge on any atom is -0.424 e. The van der Waals surface area contributed by atoms with Crippen molar-refractivity contribution < 1.29 is 4.74 Å². The normalized spacial score (nSPS) is 10.4. The lowest BCUT2D eigenvalue weighted by Gasteiger charge is -2.05. The third-order valence-corrected chi connectivity index (χ3v) is 3.43. The molecule has 3 nitrogen and oxygen atoms in total. The van der Waals surface area contributed by atoms with Gasteiger partial charge in [0.2, 0.25) is 0 Å². The summed E-state index contributed by atoms with van der Waals surface area (Å²) < 4.78 is 5.60. The maximum absolute atomic E-state index is 5.60. The van der Waals surface area contributed by atoms with Gasteiger partial charge in [-0.3, -0.25) is 0 Å². The number of nitrogens with zero attached hydrogens (tertiary/aromatic N) is 2. The highest BCUT2D eigenvalue weighted by atomic mass is 79.9. The van der Waals surface area contributed by atoms with Gasteiger partial charge in [0.15, 0.2) is 0 Å². The molecule has 2 aromatic rings. The van der Waals surface area contributed by atoms with Crippen LogP contribution in [-0.4, -0.2) is 9.97 Å². The van der Waals surface area contributed by atoms with E-state index in [0.29, 0.717) is 6.01 Å². The molecule has 100 valence electrons. The van der Waals surface area contributed by atoms with Crippen LogP contribution in [0, 0.1) is 0 Å². The van der Waals surface area contributed by atoms with Crippen molar-refractivity contribution in [1.82, 2.24) is 9.97 Å². The molecule has 19 heavy (non-hydrogen) atoms. The van der Waals surface area contributed by atoms with Crippen LogP contribution in [0.15, 0.2) is 36.7 Å². The first-order valence-corrected chi connectivity index (χ1v) is 7.57. The SMILES string of the molecule is CCCCc1ccc(Oc2ncc(CBr)cn2)cc1. The summed E-state index contributed by atoms with van der Waals surface area (Å²) in [5, 5.41) is 0.749. The van der Waals surface area contributed by atoms with Crippen LogP contribution < -0.4 is 4.74 Å². The molecule has 1 aromatic heterocycles. The number of hydrogen-bond donors (Lipinski definition) is 0. The van der Waals surface area contributed by atoms with Gasteiger partial charge < -0.3 is 4.74 Å². The lowest BCUT2D eigenvalue weighted by Crippen LogP contribution is -1.93. The van der Waals surface area contributed by atoms with Crippen molar-refractivity contribution in [1.29, 1.82) is 0 Å². The van der Waals surface area contributed by atoms with E-state index in [9.17, 15) is 0 Å². The highest BCUT2D eigenvalue weighted by molar-refractivity contribution is 9.08. The Balaban J connectivity index is 1.98. The van der Waals surface area contributed by atoms with E-state index in [-0.39, 0.29) is 0 Å². The summed E-state index contributed by atoms with van der Waals surface area (Å²) in [4.78, 5) is 8.31. The molecule has 1 aromatic carbocycles. The van der Waals surface area contributed by atoms with Crippen LogP contribution in [0.25, 0.3) is 0 Å². The number of hydrogen-bond acceptors (Lipinski definition) is 3. The van der Waals surface area contributed by atoms with Crippen molar-refractivity contribution in [3.8, 4) is 11.8 Å². The minimum atomic E-state index is 0.381. The van der Waals surface area contributed by atoms with E-state index in [2.05, 4.69) is 45.0 Å². The van der Waals surface area contributed by atoms with Crippen molar-refractivity contribution in [2.75, 3.05) is 0 Å². The Labute approximate surface area is 122 Å². The lowest BCUT2D eigenvalue weighted by atomic mass is 10.1. The quantitative estimate of drug-likeness (QED) is 0.735. The summed E-state index contributed by atoms with van der Waals surface area (Å²) in [6.45, 7) is 2.20. The number of rotatable bonds is 6. The second-order valence-corrected chi connectivity index (χ2v) is 4.92. The second-order valence-electron chi connectivity index (χ2n) is 4.36. The molecule has 0 aliphatic heterocycles. The Bertz CT molecular complexity index is 497. The molecule has 0 aliphatic rings. The van der Waals surface area contributed by atoms with E-state index >= 15 is 0 Å². The predicted molar refractivity (Wildman–Crippen MR) is 79.8 cm³/mol. The summed E-state index contributed by atoms with van der Waals surface area (Å²) in [5.41, 5.74) is 2.37. The first-order chi connectivity index (χ1) is 9.31. The first kappa shape index (κ1) is 14.0. The molecule has 0 saturated heterocycles. The van der Waals surface area contributed by atoms with Gasteiger partial charge in [0.05, 0.1) is 0 Å². The molecule has 0 saturated carbocycles. The molecule has 0 amide bonds. The molecule has 1 heterocycles. The van der Waals surface area contributed by atoms with Gasteiger partial charge in [0.1, 0.15) is 5.75 Å². The predicted octanol–water partition coefficient (Wildman–Crippen LogP) is 4.51. The third kappa shape index (κ3) is 4.31. The summed E-state index contributed by atoms with van der Waals surface area (Å²) in [6, 6.07) is 8.50. The molecule has 0 atom stereocenters. The third-order valence-electron chi connectivity index (χ3n) is 2.79. The molecule has 0 aliphatic carbocycles. The molecule has 4 heteroatoms. The van der Waals surface area contributed by atoms with Crippen molar-refractivity contribution >= 4 is 15.9 Å². The number of halogens is 1. The van der Waals surface area contributed by atoms with Crippen molar-refractivity contribution in [3.63, 3.8) is 0 Å². The number of aromatic nitrogens is 2. The Morgan fingerprint density at radius 3 is 2.32 bits per heavy atom. The van der Waals surface area contributed by atoms with Crippen molar-refractivity contribution in [2.24, 2.45) is 0 Å². The highest BCUT2D eigenvalue weighted by Crippen LogP contribution is 2.19. The van der Waals surface area contributed by atoms with Gasteiger partial charge in [-0.15, -0.1) is 0 Å². The van der Waals surface area contributed by atoms with Crippen molar-refractivity contribution in [3.05, 3.63) is 47.8 Å². The molecule has 0 N–H and O–H groups in total. The van der Waals surface area contributed by atoms with Crippen LogP contribution in [-0.2, 0) is 11.8 Å². The molecular formula is C15H17BrN2O. The fourth-order valence-corrected chi connectivity index (χ4v) is 1.96. The summed E-state index contributed by atoms with van der Waals surface area (Å²) in [7, 11) is 0. The maximum Gasteiger partial charge on any atom is 0.321 e. The van der Waals surface area contributed by atoms with Crippen LogP contribution in [0.3, 0.4) is 0 Å². The molecular weight excluding hydrogens is 304 g/mol. The Morgan fingerprint density at radius 1 is 1.05 bits per heavy atom. The van der Waals surface area contributed by atoms with E-state index in [1.807, 2.05) is 12.1 Å². The topological polar surface area (TPSA) is 35.0 Å². The van der Waals surface area contributed by atoms with Gasteiger partial charge in [-0.1, -0.05) is 41.4 Å². The minimum absolute atomic E-state index is 0.381. The van der Waals surface area contributed by atoms with Gasteiger partial charge in [0.25, 0.3) is 0 Å². The van der Waals surface area contributed by atoms with Crippen LogP contribution >= 0.6 is 15.9 Å². The largest absolute Gasteiger partial charge is 0.424 e. The fourth-order valence-electron chi connectivity index (χ4n) is 1.68. The van der Waals surface area contributed by atoms with Crippen LogP contribution in [0.2, 0.25) is 0 Å². The average molecular weight is 321 g/mol. The van der Waals surface area contributed by atoms with E-state index in [1.165, 1.54) is 18.4 Å². The molecule has 0 radical (unpaired) electrons. The van der Waals surface area contributed by atoms with Crippen LogP contribution in [0.5, 0.6) is 11.8 Å². The second kappa shape index (κ2) is 7.24. The first-order valence-electron chi connectivity index (χ1n) is 6.45. The molecule has 0 spiro atoms. The molecule has 0 bridgehead atoms. The summed E-state index contributed by atoms with van der Waals surface area (Å²) >= 11 is 3.36. The smallest absolute Gasteiger partial charge is 0.321 e. The van der Waals surface area contributed by atoms with E-state index < -0.39 is 0 Å². The van der Waals surface area contributed by atoms with E-state index in [4.69, 9.17) is 4.74 Å². The van der Waals surface area contributed by atoms with Gasteiger partial charge in [-0.05, 0) is 36.1 Å². The zero-order valence-electron chi connectivity index (χ0n) is 11.0. The van der Waals surface area contributed by atoms with Crippen LogP contribution in [0.4, 0.5) is 0 Å². The number of aryl methyl sites for hydroxylation is 1. The summed E-state index contributed by atoms with van der Waals surface area (Å²) in [5.74, 6) is 0.770. The monoisotopic (exact) mass is 320 g/mol. The van der Waals surface area contributed by atoms with E-state index in [1.54, 1.807) is 12.4 Å². The lowest BCUT2D eigenvalue weighted by molar-refractivity contribution is 0.441. The van der Waals surface area contributed by atoms with Crippen molar-refractivity contribution in [2.45, 2.75) is 31.5 Å². The number of ether oxygens (including phenoxy) is 1. The van der Waals surface area contributed by atoms with Gasteiger partial charge in [-0.2, -0.15) is 0 Å². The fraction of sp³-hybridized carbons (Fsp3) is 0.333. The number of alkyl halides is 1. The molecule has 2 rings (SSSR count). The van der Waals surface area contributed by atoms with Crippen LogP contribution in [0.1, 0.15) is 30.9 Å². The number of benzene rings is 1. The average Bonchev–Trinajstić information content (AvgIpc) is 2.47. The summed E-state index contributed by atoms with van der Waals surface area (Å²) in [6.07, 6.45) is 7.07. The Hall–Kier alpha value is -1.42. The molecule has 0 unspecified atom stereocenters. The van der Waals surface area contributed by atoms with E-state index in [0.717, 1.165) is 23.1 Å². The number of unbranched alkanes of at least 4 members (excludes halogenated alkanes) is 1. The molecule has 0 fully saturated rings. The standard InChI is InChI=1S/C15H17BrN2O/c1-2-3-4-12-5-7-14(8-6-12)19-15-17-10-13(9-16)11-18-15/h5-8,10-11H,2-4,9H2,1H3. The Morgan fingerprint density at radius 2 is 1.74 bits per heavy atom. The Kier molecular flexibility index (Phi) is 5.33. The zero-order valence-corrected chi connectivity index (χ0v) is 12.6. The van der Waals surface area contributed by atoms with Gasteiger partial charge in [-0.25, -0.2) is 9.97 Å². The highest BCUT2D eigenvalue weighted by Gasteiger charge is 2.01.